The first-order valence-corrected chi connectivity index (χ1v) is 10.7. The SMILES string of the molecule is Cc1oc(C(=O)Nc2ccn(Cc3ccncc3)n2)cc1S(=O)(=O)N1CCCC1. The molecule has 3 aromatic rings. The van der Waals surface area contributed by atoms with Gasteiger partial charge in [-0.25, -0.2) is 8.42 Å². The molecule has 9 nitrogen and oxygen atoms in total. The van der Waals surface area contributed by atoms with Gasteiger partial charge in [-0.3, -0.25) is 14.5 Å². The van der Waals surface area contributed by atoms with E-state index in [9.17, 15) is 13.2 Å². The molecule has 0 atom stereocenters. The fraction of sp³-hybridized carbons (Fsp3) is 0.316. The Balaban J connectivity index is 1.47. The summed E-state index contributed by atoms with van der Waals surface area (Å²) in [6.45, 7) is 3.06. The van der Waals surface area contributed by atoms with E-state index in [1.807, 2.05) is 12.1 Å². The summed E-state index contributed by atoms with van der Waals surface area (Å²) in [6, 6.07) is 6.71. The van der Waals surface area contributed by atoms with Crippen LogP contribution >= 0.6 is 0 Å². The summed E-state index contributed by atoms with van der Waals surface area (Å²) in [6.07, 6.45) is 6.83. The third-order valence-electron chi connectivity index (χ3n) is 4.76. The molecule has 1 aliphatic heterocycles. The summed E-state index contributed by atoms with van der Waals surface area (Å²) >= 11 is 0. The molecule has 3 aromatic heterocycles. The maximum Gasteiger partial charge on any atom is 0.292 e. The van der Waals surface area contributed by atoms with Crippen molar-refractivity contribution in [3.63, 3.8) is 0 Å². The number of hydrogen-bond donors (Lipinski definition) is 1. The van der Waals surface area contributed by atoms with E-state index < -0.39 is 15.9 Å². The molecule has 152 valence electrons. The summed E-state index contributed by atoms with van der Waals surface area (Å²) < 4.78 is 34.0. The number of aromatic nitrogens is 3. The van der Waals surface area contributed by atoms with Crippen LogP contribution < -0.4 is 5.32 Å². The molecule has 0 saturated carbocycles. The number of carbonyl (C=O) groups excluding carboxylic acids is 1. The first-order valence-electron chi connectivity index (χ1n) is 9.28. The van der Waals surface area contributed by atoms with Crippen LogP contribution in [0, 0.1) is 6.92 Å². The van der Waals surface area contributed by atoms with Crippen LogP contribution in [-0.4, -0.2) is 46.5 Å². The molecule has 0 unspecified atom stereocenters. The van der Waals surface area contributed by atoms with Crippen LogP contribution in [0.25, 0.3) is 0 Å². The van der Waals surface area contributed by atoms with Crippen molar-refractivity contribution >= 4 is 21.7 Å². The van der Waals surface area contributed by atoms with Crippen molar-refractivity contribution in [2.75, 3.05) is 18.4 Å². The van der Waals surface area contributed by atoms with Gasteiger partial charge in [0, 0.05) is 43.8 Å². The third-order valence-corrected chi connectivity index (χ3v) is 6.76. The number of sulfonamides is 1. The highest BCUT2D eigenvalue weighted by Gasteiger charge is 2.31. The third kappa shape index (κ3) is 4.08. The van der Waals surface area contributed by atoms with Gasteiger partial charge in [-0.05, 0) is 37.5 Å². The van der Waals surface area contributed by atoms with E-state index in [4.69, 9.17) is 4.42 Å². The van der Waals surface area contributed by atoms with E-state index in [-0.39, 0.29) is 16.4 Å². The van der Waals surface area contributed by atoms with E-state index in [1.54, 1.807) is 36.3 Å². The monoisotopic (exact) mass is 415 g/mol. The van der Waals surface area contributed by atoms with Crippen molar-refractivity contribution in [1.29, 1.82) is 0 Å². The van der Waals surface area contributed by atoms with Crippen LogP contribution in [0.1, 0.15) is 34.7 Å². The smallest absolute Gasteiger partial charge is 0.292 e. The molecule has 0 aliphatic carbocycles. The van der Waals surface area contributed by atoms with E-state index in [1.165, 1.54) is 10.4 Å². The number of anilines is 1. The molecule has 4 rings (SSSR count). The Morgan fingerprint density at radius 3 is 2.66 bits per heavy atom. The summed E-state index contributed by atoms with van der Waals surface area (Å²) in [7, 11) is -3.65. The van der Waals surface area contributed by atoms with Crippen molar-refractivity contribution in [2.45, 2.75) is 31.2 Å². The van der Waals surface area contributed by atoms with Crippen molar-refractivity contribution < 1.29 is 17.6 Å². The quantitative estimate of drug-likeness (QED) is 0.661. The summed E-state index contributed by atoms with van der Waals surface area (Å²) in [5.41, 5.74) is 1.03. The number of nitrogens with zero attached hydrogens (tertiary/aromatic N) is 4. The summed E-state index contributed by atoms with van der Waals surface area (Å²) in [5, 5.41) is 6.95. The predicted molar refractivity (Wildman–Crippen MR) is 105 cm³/mol. The number of furan rings is 1. The fourth-order valence-corrected chi connectivity index (χ4v) is 4.95. The van der Waals surface area contributed by atoms with Crippen LogP contribution in [-0.2, 0) is 16.6 Å². The van der Waals surface area contributed by atoms with Gasteiger partial charge >= 0.3 is 0 Å². The lowest BCUT2D eigenvalue weighted by molar-refractivity contribution is 0.0995. The van der Waals surface area contributed by atoms with Crippen LogP contribution in [0.4, 0.5) is 5.82 Å². The molecule has 1 aliphatic rings. The molecular weight excluding hydrogens is 394 g/mol. The molecule has 1 amide bonds. The van der Waals surface area contributed by atoms with E-state index in [0.29, 0.717) is 25.5 Å². The second kappa shape index (κ2) is 7.80. The lowest BCUT2D eigenvalue weighted by Gasteiger charge is -2.14. The van der Waals surface area contributed by atoms with Gasteiger partial charge in [-0.15, -0.1) is 0 Å². The molecule has 0 bridgehead atoms. The first-order chi connectivity index (χ1) is 13.9. The predicted octanol–water partition coefficient (Wildman–Crippen LogP) is 2.26. The minimum atomic E-state index is -3.65. The summed E-state index contributed by atoms with van der Waals surface area (Å²) in [5.74, 6) is -0.0681. The van der Waals surface area contributed by atoms with Gasteiger partial charge in [-0.2, -0.15) is 9.40 Å². The molecule has 0 spiro atoms. The Morgan fingerprint density at radius 2 is 1.93 bits per heavy atom. The highest BCUT2D eigenvalue weighted by atomic mass is 32.2. The van der Waals surface area contributed by atoms with Crippen LogP contribution in [0.3, 0.4) is 0 Å². The lowest BCUT2D eigenvalue weighted by Crippen LogP contribution is -2.28. The van der Waals surface area contributed by atoms with E-state index in [2.05, 4.69) is 15.4 Å². The minimum absolute atomic E-state index is 0.0350. The standard InChI is InChI=1S/C19H21N5O4S/c1-14-17(29(26,27)24-9-2-3-10-24)12-16(28-14)19(25)21-18-6-11-23(22-18)13-15-4-7-20-8-5-15/h4-8,11-12H,2-3,9-10,13H2,1H3,(H,21,22,25). The molecule has 0 radical (unpaired) electrons. The van der Waals surface area contributed by atoms with Gasteiger partial charge < -0.3 is 9.73 Å². The molecule has 29 heavy (non-hydrogen) atoms. The Hall–Kier alpha value is -2.98. The molecular formula is C19H21N5O4S. The maximum absolute atomic E-state index is 12.7. The van der Waals surface area contributed by atoms with Gasteiger partial charge in [0.15, 0.2) is 11.6 Å². The number of pyridine rings is 1. The molecule has 1 fully saturated rings. The average Bonchev–Trinajstić information content (AvgIpc) is 3.44. The van der Waals surface area contributed by atoms with Gasteiger partial charge in [-0.1, -0.05) is 0 Å². The van der Waals surface area contributed by atoms with Crippen LogP contribution in [0.2, 0.25) is 0 Å². The zero-order valence-corrected chi connectivity index (χ0v) is 16.7. The Morgan fingerprint density at radius 1 is 1.21 bits per heavy atom. The number of rotatable bonds is 6. The molecule has 1 saturated heterocycles. The minimum Gasteiger partial charge on any atom is -0.455 e. The molecule has 4 heterocycles. The van der Waals surface area contributed by atoms with Gasteiger partial charge in [0.25, 0.3) is 5.91 Å². The second-order valence-corrected chi connectivity index (χ2v) is 8.76. The zero-order chi connectivity index (χ0) is 20.4. The highest BCUT2D eigenvalue weighted by molar-refractivity contribution is 7.89. The Labute approximate surface area is 168 Å². The van der Waals surface area contributed by atoms with E-state index in [0.717, 1.165) is 18.4 Å². The second-order valence-electron chi connectivity index (χ2n) is 6.85. The number of nitrogens with one attached hydrogen (secondary N) is 1. The van der Waals surface area contributed by atoms with Crippen molar-refractivity contribution in [3.8, 4) is 0 Å². The lowest BCUT2D eigenvalue weighted by atomic mass is 10.3. The number of carbonyl (C=O) groups is 1. The average molecular weight is 415 g/mol. The van der Waals surface area contributed by atoms with E-state index >= 15 is 0 Å². The van der Waals surface area contributed by atoms with Crippen molar-refractivity contribution in [3.05, 3.63) is 59.9 Å². The Bertz CT molecular complexity index is 1110. The van der Waals surface area contributed by atoms with Gasteiger partial charge in [0.05, 0.1) is 6.54 Å². The number of aryl methyl sites for hydroxylation is 1. The largest absolute Gasteiger partial charge is 0.455 e. The molecule has 1 N–H and O–H groups in total. The topological polar surface area (TPSA) is 110 Å². The van der Waals surface area contributed by atoms with Crippen molar-refractivity contribution in [1.82, 2.24) is 19.1 Å². The highest BCUT2D eigenvalue weighted by Crippen LogP contribution is 2.26. The molecule has 10 heteroatoms. The van der Waals surface area contributed by atoms with Crippen LogP contribution in [0.15, 0.2) is 52.2 Å². The Kier molecular flexibility index (Phi) is 5.20. The summed E-state index contributed by atoms with van der Waals surface area (Å²) in [4.78, 5) is 16.5. The van der Waals surface area contributed by atoms with Gasteiger partial charge in [0.1, 0.15) is 10.7 Å². The maximum atomic E-state index is 12.7. The van der Waals surface area contributed by atoms with Gasteiger partial charge in [0.2, 0.25) is 10.0 Å². The fourth-order valence-electron chi connectivity index (χ4n) is 3.27. The van der Waals surface area contributed by atoms with Crippen molar-refractivity contribution in [2.24, 2.45) is 0 Å². The van der Waals surface area contributed by atoms with Crippen LogP contribution in [0.5, 0.6) is 0 Å². The zero-order valence-electron chi connectivity index (χ0n) is 15.9. The first kappa shape index (κ1) is 19.3. The number of amides is 1. The number of hydrogen-bond acceptors (Lipinski definition) is 6. The molecule has 0 aromatic carbocycles. The normalized spacial score (nSPS) is 14.9.